The van der Waals surface area contributed by atoms with Gasteiger partial charge in [-0.3, -0.25) is 43.2 Å². The Morgan fingerprint density at radius 1 is 0.254 bits per heavy atom. The van der Waals surface area contributed by atoms with E-state index in [0.29, 0.717) is 181 Å². The second-order valence-corrected chi connectivity index (χ2v) is 29.9. The van der Waals surface area contributed by atoms with Gasteiger partial charge in [0.25, 0.3) is 35.4 Å². The molecule has 0 aromatic heterocycles. The summed E-state index contributed by atoms with van der Waals surface area (Å²) in [5.41, 5.74) is 39.4. The lowest BCUT2D eigenvalue weighted by Crippen LogP contribution is -2.69. The molecule has 0 heterocycles. The number of carbonyl (C=O) groups excluding carboxylic acids is 12. The molecule has 3 unspecified atom stereocenters. The Morgan fingerprint density at radius 2 is 0.437 bits per heavy atom. The number of aliphatic carboxylic acids is 3. The summed E-state index contributed by atoms with van der Waals surface area (Å²) in [4.78, 5) is 182. The molecule has 0 radical (unpaired) electrons. The quantitative estimate of drug-likeness (QED) is 0.0153. The number of carbonyl (C=O) groups is 15. The summed E-state index contributed by atoms with van der Waals surface area (Å²) < 4.78 is 14.3. The van der Waals surface area contributed by atoms with Crippen LogP contribution in [0.1, 0.15) is 173 Å². The average molecular weight is 1830 g/mol. The van der Waals surface area contributed by atoms with Gasteiger partial charge >= 0.3 is 35.8 Å². The molecular weight excluding hydrogens is 1680 g/mol. The third kappa shape index (κ3) is 51.3. The van der Waals surface area contributed by atoms with E-state index in [1.165, 1.54) is 21.3 Å². The Balaban J connectivity index is -0.00000184. The van der Waals surface area contributed by atoms with E-state index in [4.69, 9.17) is 46.7 Å². The molecule has 51 nitrogen and oxygen atoms in total. The number of esters is 3. The Kier molecular flexibility index (Phi) is 68.6. The highest BCUT2D eigenvalue weighted by Gasteiger charge is 2.41. The summed E-state index contributed by atoms with van der Waals surface area (Å²) in [6.07, 6.45) is -14.5. The highest BCUT2D eigenvalue weighted by atomic mass is 16.5. The van der Waals surface area contributed by atoms with Crippen LogP contribution in [-0.4, -0.2) is 373 Å². The molecule has 0 saturated carbocycles. The second kappa shape index (κ2) is 71.2. The zero-order valence-corrected chi connectivity index (χ0v) is 72.6. The molecule has 0 aromatic rings. The van der Waals surface area contributed by atoms with Crippen LogP contribution in [0.5, 0.6) is 0 Å². The predicted octanol–water partition coefficient (Wildman–Crippen LogP) is -17.7. The van der Waals surface area contributed by atoms with Gasteiger partial charge in [-0.1, -0.05) is 0 Å². The molecule has 9 amide bonds. The van der Waals surface area contributed by atoms with E-state index in [2.05, 4.69) is 82.3 Å². The molecule has 48 N–H and O–H groups in total. The lowest BCUT2D eigenvalue weighted by atomic mass is 10.0. The molecule has 126 heavy (non-hydrogen) atoms. The van der Waals surface area contributed by atoms with Crippen molar-refractivity contribution in [2.75, 3.05) is 80.2 Å². The van der Waals surface area contributed by atoms with Crippen LogP contribution in [0.25, 0.3) is 0 Å². The number of ether oxygens (including phenoxy) is 3. The van der Waals surface area contributed by atoms with Crippen LogP contribution in [0.2, 0.25) is 0 Å². The van der Waals surface area contributed by atoms with Gasteiger partial charge < -0.3 is 190 Å². The van der Waals surface area contributed by atoms with Crippen molar-refractivity contribution in [1.29, 1.82) is 0 Å². The molecule has 0 spiro atoms. The van der Waals surface area contributed by atoms with E-state index >= 15 is 0 Å². The smallest absolute Gasteiger partial charge is 0.335 e. The van der Waals surface area contributed by atoms with Crippen molar-refractivity contribution in [3.63, 3.8) is 0 Å². The molecule has 51 heteroatoms. The van der Waals surface area contributed by atoms with Crippen LogP contribution in [0, 0.1) is 0 Å². The maximum Gasteiger partial charge on any atom is 0.335 e. The summed E-state index contributed by atoms with van der Waals surface area (Å²) in [5, 5.41) is 164. The minimum atomic E-state index is -2.41. The Bertz CT molecular complexity index is 3190. The summed E-state index contributed by atoms with van der Waals surface area (Å²) in [5.74, 6) is -13.6. The number of carboxylic acid groups (broad SMARTS) is 3. The fourth-order valence-electron chi connectivity index (χ4n) is 11.6. The summed E-state index contributed by atoms with van der Waals surface area (Å²) >= 11 is 0. The van der Waals surface area contributed by atoms with Crippen LogP contribution in [0.15, 0.2) is 0 Å². The first-order valence-corrected chi connectivity index (χ1v) is 42.2. The minimum Gasteiger partial charge on any atom is -0.479 e. The number of unbranched alkanes of at least 4 members (excludes halogenated alkanes) is 9. The zero-order chi connectivity index (χ0) is 96.7. The maximum absolute atomic E-state index is 13.5. The van der Waals surface area contributed by atoms with Gasteiger partial charge in [0, 0.05) is 38.9 Å². The van der Waals surface area contributed by atoms with Gasteiger partial charge in [-0.05, 0) is 174 Å². The van der Waals surface area contributed by atoms with Gasteiger partial charge in [0.2, 0.25) is 17.7 Å². The van der Waals surface area contributed by atoms with Crippen LogP contribution in [-0.2, 0) is 86.1 Å². The summed E-state index contributed by atoms with van der Waals surface area (Å²) in [6.45, 7) is 3.30. The fourth-order valence-corrected chi connectivity index (χ4v) is 11.6. The number of aliphatic hydroxyl groups is 12. The van der Waals surface area contributed by atoms with E-state index in [0.717, 1.165) is 6.42 Å². The predicted molar refractivity (Wildman–Crippen MR) is 437 cm³/mol. The topological polar surface area (TPSA) is 939 Å². The van der Waals surface area contributed by atoms with Gasteiger partial charge in [-0.25, -0.2) is 28.8 Å². The average Bonchev–Trinajstić information content (AvgIpc) is 0.878. The summed E-state index contributed by atoms with van der Waals surface area (Å²) in [7, 11) is 3.67. The molecule has 0 fully saturated rings. The molecule has 0 rings (SSSR count). The van der Waals surface area contributed by atoms with Crippen LogP contribution in [0.4, 0.5) is 0 Å². The molecule has 0 saturated heterocycles. The number of nitrogens with one attached hydrogen (secondary N) is 9. The van der Waals surface area contributed by atoms with Crippen LogP contribution < -0.4 is 99.5 Å². The SMILES string of the molecule is COC(=O)C(CCCCN)NC(=O)[C@@H]([NH3+])CCCCNC(=O)[C@@H](O)[C@H](O)[C@H](O)[C@@H](O)C(=O)O.COC(=O)C(CCCCN)NC(=O)[C@H](CCCC[NH3+])NC(=O)[C@H](CCCC[NH3+])NC(=O)[C@@H]([NH3+])CCCCNC(=O)[C@@H](O)[C@H](O)[C@H](O)[C@@H](O)C(=O)O.COC(=O)C(CCCCN)NC(=O)[C@H](CCCC[NH3+])NC(=O)[C@H]([NH3+])CCCCNC(=O)[C@H](O)[C@@H](O)[C@@H](O)[C@H](O)C(=O)O. The van der Waals surface area contributed by atoms with E-state index in [-0.39, 0.29) is 45.3 Å². The van der Waals surface area contributed by atoms with Crippen molar-refractivity contribution in [3.05, 3.63) is 0 Å². The molecule has 0 aliphatic heterocycles. The number of amides is 9. The highest BCUT2D eigenvalue weighted by molar-refractivity contribution is 5.95. The Morgan fingerprint density at radius 3 is 0.643 bits per heavy atom. The monoisotopic (exact) mass is 1830 g/mol. The van der Waals surface area contributed by atoms with E-state index < -0.39 is 217 Å². The number of aliphatic hydroxyl groups excluding tert-OH is 12. The lowest BCUT2D eigenvalue weighted by Gasteiger charge is -2.25. The number of carboxylic acids is 3. The van der Waals surface area contributed by atoms with Crippen molar-refractivity contribution in [2.45, 2.75) is 301 Å². The number of methoxy groups -OCH3 is 3. The molecular formula is C75H150N18O33+6. The van der Waals surface area contributed by atoms with Gasteiger partial charge in [-0.2, -0.15) is 0 Å². The van der Waals surface area contributed by atoms with Crippen molar-refractivity contribution in [1.82, 2.24) is 47.9 Å². The van der Waals surface area contributed by atoms with E-state index in [1.54, 1.807) is 0 Å². The van der Waals surface area contributed by atoms with Gasteiger partial charge in [0.1, 0.15) is 72.9 Å². The summed E-state index contributed by atoms with van der Waals surface area (Å²) in [6, 6.07) is -7.68. The number of nitrogens with two attached hydrogens (primary N) is 3. The molecule has 0 aliphatic carbocycles. The Hall–Kier alpha value is -8.79. The largest absolute Gasteiger partial charge is 0.479 e. The van der Waals surface area contributed by atoms with Crippen LogP contribution in [0.3, 0.4) is 0 Å². The first-order valence-electron chi connectivity index (χ1n) is 42.2. The number of rotatable bonds is 69. The van der Waals surface area contributed by atoms with Gasteiger partial charge in [0.15, 0.2) is 54.7 Å². The molecule has 0 aromatic carbocycles. The molecule has 21 atom stereocenters. The fraction of sp³-hybridized carbons (Fsp3) is 0.800. The number of hydrogen-bond acceptors (Lipinski definition) is 33. The first-order chi connectivity index (χ1) is 59.4. The molecule has 0 bridgehead atoms. The number of quaternary nitrogens is 6. The lowest BCUT2D eigenvalue weighted by molar-refractivity contribution is -0.405. The van der Waals surface area contributed by atoms with Crippen molar-refractivity contribution in [3.8, 4) is 0 Å². The highest BCUT2D eigenvalue weighted by Crippen LogP contribution is 2.15. The third-order valence-electron chi connectivity index (χ3n) is 19.6. The molecule has 0 aliphatic rings. The van der Waals surface area contributed by atoms with Crippen LogP contribution >= 0.6 is 0 Å². The van der Waals surface area contributed by atoms with Crippen molar-refractivity contribution in [2.24, 2.45) is 17.2 Å². The normalized spacial score (nSPS) is 16.2. The van der Waals surface area contributed by atoms with Crippen molar-refractivity contribution >= 4 is 89.0 Å². The first kappa shape index (κ1) is 121. The second-order valence-electron chi connectivity index (χ2n) is 29.9. The van der Waals surface area contributed by atoms with Gasteiger partial charge in [-0.15, -0.1) is 0 Å². The molecule has 732 valence electrons. The van der Waals surface area contributed by atoms with Gasteiger partial charge in [0.05, 0.1) is 41.0 Å². The standard InChI is InChI=1S/C31H60N8O12.C25H48N6O11.C19H36N4O10/c1-51-31(50)21(13-4-8-16-34)39-28(46)20(12-3-7-15-33)38-27(45)19(11-2-6-14-32)37-26(44)18(35)10-5-9-17-36-29(47)24(42)22(40)23(41)25(43)30(48)49;1-42-25(41)16(10-3-6-12-27)31-22(37)15(9-2-5-11-26)30-21(36)14(28)8-4-7-13-29-23(38)19(34)17(32)18(33)20(35)24(39)40;1-33-19(32)11(7-2-4-8-20)23-16(28)10(21)6-3-5-9-22-17(29)14(26)12(24)13(25)15(27)18(30)31/h18-25,40-43H,2-17,32-35H2,1H3,(H,36,47)(H,37,44)(H,38,45)(H,39,46)(H,48,49);14-20,32-35H,2-13,26-28H2,1H3,(H,29,38)(H,30,36)(H,31,37)(H,39,40);10-15,24-27H,2-9,20-21H2,1H3,(H,22,29)(H,23,28)(H,30,31)/p+6/t18-,19-,20-,21?,22+,23-,24-,25+;14-,15+,16?,17+,18-,19-,20+;10-,11?,12+,13-,14-,15+/m010/s1. The zero-order valence-electron chi connectivity index (χ0n) is 72.6. The Labute approximate surface area is 729 Å². The maximum atomic E-state index is 13.5. The van der Waals surface area contributed by atoms with Crippen molar-refractivity contribution < 1.29 is 197 Å². The third-order valence-corrected chi connectivity index (χ3v) is 19.6. The van der Waals surface area contributed by atoms with E-state index in [9.17, 15) is 133 Å². The number of hydrogen-bond donors (Lipinski definition) is 33. The van der Waals surface area contributed by atoms with E-state index in [1.807, 2.05) is 0 Å². The minimum absolute atomic E-state index is 0.00792.